The van der Waals surface area contributed by atoms with Gasteiger partial charge in [-0.05, 0) is 33.1 Å². The van der Waals surface area contributed by atoms with Crippen molar-refractivity contribution in [2.75, 3.05) is 7.05 Å². The number of amides is 1. The lowest BCUT2D eigenvalue weighted by Gasteiger charge is -2.39. The molecule has 0 N–H and O–H groups in total. The second-order valence-electron chi connectivity index (χ2n) is 6.14. The molecule has 0 aromatic heterocycles. The van der Waals surface area contributed by atoms with E-state index in [1.807, 2.05) is 7.05 Å². The molecule has 0 heterocycles. The van der Waals surface area contributed by atoms with Crippen LogP contribution in [0.1, 0.15) is 65.7 Å². The molecule has 1 rings (SSSR count). The van der Waals surface area contributed by atoms with Crippen LogP contribution in [0.5, 0.6) is 0 Å². The second kappa shape index (κ2) is 5.73. The van der Waals surface area contributed by atoms with Crippen LogP contribution in [0.3, 0.4) is 0 Å². The molecule has 0 aromatic carbocycles. The van der Waals surface area contributed by atoms with E-state index in [0.29, 0.717) is 0 Å². The molecular weight excluding hydrogens is 224 g/mol. The van der Waals surface area contributed by atoms with Crippen LogP contribution < -0.4 is 0 Å². The van der Waals surface area contributed by atoms with E-state index in [2.05, 4.69) is 26.8 Å². The number of hydrogen-bond acceptors (Lipinski definition) is 2. The maximum absolute atomic E-state index is 12.7. The van der Waals surface area contributed by atoms with Gasteiger partial charge in [-0.3, -0.25) is 4.79 Å². The van der Waals surface area contributed by atoms with Crippen LogP contribution in [0.15, 0.2) is 0 Å². The Kier molecular flexibility index (Phi) is 4.78. The molecule has 0 aromatic rings. The molecule has 0 bridgehead atoms. The molecule has 1 fully saturated rings. The van der Waals surface area contributed by atoms with Crippen molar-refractivity contribution in [2.45, 2.75) is 71.3 Å². The van der Waals surface area contributed by atoms with Crippen molar-refractivity contribution in [3.63, 3.8) is 0 Å². The van der Waals surface area contributed by atoms with Crippen molar-refractivity contribution in [2.24, 2.45) is 5.41 Å². The Morgan fingerprint density at radius 1 is 1.28 bits per heavy atom. The zero-order valence-corrected chi connectivity index (χ0v) is 12.3. The average Bonchev–Trinajstić information content (AvgIpc) is 2.63. The summed E-state index contributed by atoms with van der Waals surface area (Å²) in [5.74, 6) is 0.0266. The van der Waals surface area contributed by atoms with Crippen molar-refractivity contribution in [1.29, 1.82) is 5.26 Å². The molecule has 3 heteroatoms. The first-order chi connectivity index (χ1) is 8.39. The number of rotatable bonds is 3. The lowest BCUT2D eigenvalue weighted by atomic mass is 9.79. The Balaban J connectivity index is 2.94. The van der Waals surface area contributed by atoms with Gasteiger partial charge in [0.15, 0.2) is 0 Å². The minimum Gasteiger partial charge on any atom is -0.339 e. The molecule has 1 aliphatic carbocycles. The summed E-state index contributed by atoms with van der Waals surface area (Å²) in [5.41, 5.74) is -0.940. The number of carbonyl (C=O) groups excluding carboxylic acids is 1. The first kappa shape index (κ1) is 15.0. The van der Waals surface area contributed by atoms with Gasteiger partial charge < -0.3 is 4.90 Å². The molecule has 18 heavy (non-hydrogen) atoms. The lowest BCUT2D eigenvalue weighted by molar-refractivity contribution is -0.143. The summed E-state index contributed by atoms with van der Waals surface area (Å²) in [6, 6.07) is 2.34. The topological polar surface area (TPSA) is 44.1 Å². The zero-order valence-electron chi connectivity index (χ0n) is 12.3. The van der Waals surface area contributed by atoms with Gasteiger partial charge in [-0.15, -0.1) is 0 Å². The summed E-state index contributed by atoms with van der Waals surface area (Å²) in [6.45, 7) is 6.20. The molecule has 1 aliphatic rings. The van der Waals surface area contributed by atoms with E-state index in [1.54, 1.807) is 4.90 Å². The smallest absolute Gasteiger partial charge is 0.243 e. The predicted molar refractivity (Wildman–Crippen MR) is 72.9 cm³/mol. The Bertz CT molecular complexity index is 333. The van der Waals surface area contributed by atoms with Crippen molar-refractivity contribution in [3.05, 3.63) is 0 Å². The van der Waals surface area contributed by atoms with Gasteiger partial charge >= 0.3 is 0 Å². The fourth-order valence-electron chi connectivity index (χ4n) is 2.54. The lowest BCUT2D eigenvalue weighted by Crippen LogP contribution is -2.51. The van der Waals surface area contributed by atoms with Gasteiger partial charge in [-0.1, -0.05) is 32.6 Å². The van der Waals surface area contributed by atoms with Gasteiger partial charge in [-0.2, -0.15) is 5.26 Å². The summed E-state index contributed by atoms with van der Waals surface area (Å²) in [6.07, 6.45) is 6.66. The first-order valence-corrected chi connectivity index (χ1v) is 7.09. The molecule has 0 saturated heterocycles. The van der Waals surface area contributed by atoms with Crippen molar-refractivity contribution in [1.82, 2.24) is 4.90 Å². The van der Waals surface area contributed by atoms with Gasteiger partial charge in [0.25, 0.3) is 0 Å². The quantitative estimate of drug-likeness (QED) is 0.720. The molecule has 0 spiro atoms. The fraction of sp³-hybridized carbons (Fsp3) is 0.867. The third-order valence-corrected chi connectivity index (χ3v) is 4.66. The van der Waals surface area contributed by atoms with E-state index in [0.717, 1.165) is 44.9 Å². The molecular formula is C15H26N2O. The van der Waals surface area contributed by atoms with E-state index in [4.69, 9.17) is 0 Å². The normalized spacial score (nSPS) is 19.7. The molecule has 1 saturated carbocycles. The molecule has 102 valence electrons. The van der Waals surface area contributed by atoms with Gasteiger partial charge in [0, 0.05) is 12.6 Å². The Morgan fingerprint density at radius 3 is 2.17 bits per heavy atom. The van der Waals surface area contributed by atoms with Crippen LogP contribution in [0.4, 0.5) is 0 Å². The van der Waals surface area contributed by atoms with E-state index in [9.17, 15) is 10.1 Å². The van der Waals surface area contributed by atoms with E-state index in [-0.39, 0.29) is 11.4 Å². The zero-order chi connectivity index (χ0) is 13.8. The average molecular weight is 250 g/mol. The number of carbonyl (C=O) groups is 1. The summed E-state index contributed by atoms with van der Waals surface area (Å²) >= 11 is 0. The van der Waals surface area contributed by atoms with Crippen LogP contribution in [0.2, 0.25) is 0 Å². The van der Waals surface area contributed by atoms with Crippen LogP contribution in [-0.4, -0.2) is 23.4 Å². The van der Waals surface area contributed by atoms with Crippen LogP contribution >= 0.6 is 0 Å². The third kappa shape index (κ3) is 2.85. The maximum atomic E-state index is 12.7. The van der Waals surface area contributed by atoms with Crippen molar-refractivity contribution < 1.29 is 4.79 Å². The Morgan fingerprint density at radius 2 is 1.78 bits per heavy atom. The van der Waals surface area contributed by atoms with Crippen molar-refractivity contribution in [3.8, 4) is 6.07 Å². The van der Waals surface area contributed by atoms with Gasteiger partial charge in [-0.25, -0.2) is 0 Å². The largest absolute Gasteiger partial charge is 0.339 e. The fourth-order valence-corrected chi connectivity index (χ4v) is 2.54. The van der Waals surface area contributed by atoms with Gasteiger partial charge in [0.2, 0.25) is 5.91 Å². The highest BCUT2D eigenvalue weighted by molar-refractivity contribution is 5.86. The molecule has 3 nitrogen and oxygen atoms in total. The molecule has 0 unspecified atom stereocenters. The van der Waals surface area contributed by atoms with Gasteiger partial charge in [0.1, 0.15) is 5.41 Å². The number of hydrogen-bond donors (Lipinski definition) is 0. The minimum absolute atomic E-state index is 0.0266. The van der Waals surface area contributed by atoms with Crippen molar-refractivity contribution >= 4 is 5.91 Å². The minimum atomic E-state index is -0.766. The number of nitrogens with zero attached hydrogens (tertiary/aromatic N) is 2. The Labute approximate surface area is 111 Å². The van der Waals surface area contributed by atoms with E-state index in [1.165, 1.54) is 0 Å². The van der Waals surface area contributed by atoms with Crippen LogP contribution in [0, 0.1) is 16.7 Å². The summed E-state index contributed by atoms with van der Waals surface area (Å²) in [5, 5.41) is 9.53. The summed E-state index contributed by atoms with van der Waals surface area (Å²) in [7, 11) is 1.84. The maximum Gasteiger partial charge on any atom is 0.243 e. The SMILES string of the molecule is CCC(C)(C)N(C)C(=O)C1(C#N)CCCCCC1. The first-order valence-electron chi connectivity index (χ1n) is 7.09. The highest BCUT2D eigenvalue weighted by Gasteiger charge is 2.43. The number of nitriles is 1. The van der Waals surface area contributed by atoms with Crippen LogP contribution in [0.25, 0.3) is 0 Å². The summed E-state index contributed by atoms with van der Waals surface area (Å²) < 4.78 is 0. The van der Waals surface area contributed by atoms with E-state index < -0.39 is 5.41 Å². The molecule has 0 atom stereocenters. The predicted octanol–water partition coefficient (Wildman–Crippen LogP) is 3.50. The highest BCUT2D eigenvalue weighted by Crippen LogP contribution is 2.37. The molecule has 0 aliphatic heterocycles. The van der Waals surface area contributed by atoms with Crippen LogP contribution in [-0.2, 0) is 4.79 Å². The van der Waals surface area contributed by atoms with Gasteiger partial charge in [0.05, 0.1) is 6.07 Å². The van der Waals surface area contributed by atoms with E-state index >= 15 is 0 Å². The second-order valence-corrected chi connectivity index (χ2v) is 6.14. The molecule has 1 amide bonds. The summed E-state index contributed by atoms with van der Waals surface area (Å²) in [4.78, 5) is 14.5. The Hall–Kier alpha value is -1.04. The highest BCUT2D eigenvalue weighted by atomic mass is 16.2. The third-order valence-electron chi connectivity index (χ3n) is 4.66. The standard InChI is InChI=1S/C15H26N2O/c1-5-14(2,3)17(4)13(18)15(12-16)10-8-6-7-9-11-15/h5-11H2,1-4H3. The monoisotopic (exact) mass is 250 g/mol. The molecule has 0 radical (unpaired) electrons.